The van der Waals surface area contributed by atoms with Crippen molar-refractivity contribution in [3.05, 3.63) is 0 Å². The molecule has 0 aliphatic carbocycles. The highest BCUT2D eigenvalue weighted by molar-refractivity contribution is 3.87. The van der Waals surface area contributed by atoms with Gasteiger partial charge in [-0.2, -0.15) is 0 Å². The molecule has 0 saturated carbocycles. The average Bonchev–Trinajstić information content (AvgIpc) is 0.722. The van der Waals surface area contributed by atoms with Gasteiger partial charge in [-0.15, -0.1) is 0 Å². The Morgan fingerprint density at radius 1 is 0.750 bits per heavy atom. The SMILES string of the molecule is C[N+](C)(C)C.F.F.[F-]. The van der Waals surface area contributed by atoms with Crippen molar-refractivity contribution in [3.8, 4) is 0 Å². The maximum atomic E-state index is 2.12. The molecule has 0 amide bonds. The summed E-state index contributed by atoms with van der Waals surface area (Å²) in [6, 6.07) is 0. The van der Waals surface area contributed by atoms with Crippen molar-refractivity contribution in [3.63, 3.8) is 0 Å². The van der Waals surface area contributed by atoms with Gasteiger partial charge in [-0.1, -0.05) is 0 Å². The highest BCUT2D eigenvalue weighted by Crippen LogP contribution is 1.73. The zero-order valence-corrected chi connectivity index (χ0v) is 5.64. The van der Waals surface area contributed by atoms with Crippen molar-refractivity contribution in [2.75, 3.05) is 28.2 Å². The van der Waals surface area contributed by atoms with Crippen LogP contribution in [0.4, 0.5) is 9.41 Å². The Balaban J connectivity index is -0.0000000267. The molecular formula is C4H14F3N. The Bertz CT molecular complexity index is 26.8. The molecule has 1 nitrogen and oxygen atoms in total. The van der Waals surface area contributed by atoms with Gasteiger partial charge in [0.15, 0.2) is 0 Å². The third-order valence-corrected chi connectivity index (χ3v) is 0. The van der Waals surface area contributed by atoms with Crippen LogP contribution in [0.3, 0.4) is 0 Å². The maximum Gasteiger partial charge on any atom is 0.0675 e. The van der Waals surface area contributed by atoms with Gasteiger partial charge in [0.1, 0.15) is 0 Å². The molecule has 4 heteroatoms. The van der Waals surface area contributed by atoms with Crippen LogP contribution in [0.15, 0.2) is 0 Å². The second-order valence-corrected chi connectivity index (χ2v) is 2.68. The molecule has 0 radical (unpaired) electrons. The van der Waals surface area contributed by atoms with Crippen LogP contribution in [-0.4, -0.2) is 32.7 Å². The first-order chi connectivity index (χ1) is 2.00. The topological polar surface area (TPSA) is 0 Å². The summed E-state index contributed by atoms with van der Waals surface area (Å²) in [5.41, 5.74) is 0. The molecule has 0 aromatic rings. The quantitative estimate of drug-likeness (QED) is 0.324. The third kappa shape index (κ3) is 2080. The number of hydrogen-bond donors (Lipinski definition) is 0. The molecule has 56 valence electrons. The van der Waals surface area contributed by atoms with Crippen LogP contribution in [0.2, 0.25) is 0 Å². The van der Waals surface area contributed by atoms with Gasteiger partial charge in [0.2, 0.25) is 0 Å². The van der Waals surface area contributed by atoms with Gasteiger partial charge in [0, 0.05) is 0 Å². The highest BCUT2D eigenvalue weighted by atomic mass is 19.0. The molecular weight excluding hydrogens is 119 g/mol. The molecule has 0 aromatic carbocycles. The van der Waals surface area contributed by atoms with E-state index in [1.54, 1.807) is 0 Å². The zero-order valence-electron chi connectivity index (χ0n) is 5.64. The summed E-state index contributed by atoms with van der Waals surface area (Å²) in [5, 5.41) is 0. The summed E-state index contributed by atoms with van der Waals surface area (Å²) < 4.78 is 1.00. The lowest BCUT2D eigenvalue weighted by Crippen LogP contribution is -3.00. The Morgan fingerprint density at radius 2 is 0.750 bits per heavy atom. The fraction of sp³-hybridized carbons (Fsp3) is 1.00. The zero-order chi connectivity index (χ0) is 4.50. The number of rotatable bonds is 0. The number of quaternary nitrogens is 1. The molecule has 0 atom stereocenters. The van der Waals surface area contributed by atoms with Gasteiger partial charge < -0.3 is 9.19 Å². The predicted octanol–water partition coefficient (Wildman–Crippen LogP) is -2.37. The fourth-order valence-electron chi connectivity index (χ4n) is 0. The monoisotopic (exact) mass is 133 g/mol. The van der Waals surface area contributed by atoms with E-state index in [9.17, 15) is 0 Å². The van der Waals surface area contributed by atoms with E-state index in [0.29, 0.717) is 0 Å². The van der Waals surface area contributed by atoms with E-state index in [-0.39, 0.29) is 14.1 Å². The first kappa shape index (κ1) is 25.1. The first-order valence-electron chi connectivity index (χ1n) is 1.79. The summed E-state index contributed by atoms with van der Waals surface area (Å²) in [5.74, 6) is 0. The van der Waals surface area contributed by atoms with Crippen LogP contribution < -0.4 is 4.70 Å². The molecule has 0 spiro atoms. The highest BCUT2D eigenvalue weighted by Gasteiger charge is 1.88. The van der Waals surface area contributed by atoms with E-state index >= 15 is 0 Å². The normalized spacial score (nSPS) is 7.50. The van der Waals surface area contributed by atoms with E-state index in [1.807, 2.05) is 0 Å². The third-order valence-electron chi connectivity index (χ3n) is 0. The molecule has 0 unspecified atom stereocenters. The van der Waals surface area contributed by atoms with Gasteiger partial charge in [-0.05, 0) is 0 Å². The summed E-state index contributed by atoms with van der Waals surface area (Å²) in [6.07, 6.45) is 0. The number of halogens is 3. The van der Waals surface area contributed by atoms with E-state index in [1.165, 1.54) is 0 Å². The van der Waals surface area contributed by atoms with Crippen molar-refractivity contribution in [2.45, 2.75) is 0 Å². The minimum atomic E-state index is 0. The van der Waals surface area contributed by atoms with Crippen LogP contribution in [0.5, 0.6) is 0 Å². The summed E-state index contributed by atoms with van der Waals surface area (Å²) >= 11 is 0. The Kier molecular flexibility index (Phi) is 21.2. The van der Waals surface area contributed by atoms with Crippen LogP contribution in [0, 0.1) is 0 Å². The maximum absolute atomic E-state index is 2.12. The lowest BCUT2D eigenvalue weighted by atomic mass is 10.8. The fourth-order valence-corrected chi connectivity index (χ4v) is 0. The van der Waals surface area contributed by atoms with Gasteiger partial charge in [-0.3, -0.25) is 9.41 Å². The van der Waals surface area contributed by atoms with Gasteiger partial charge in [0.05, 0.1) is 28.2 Å². The van der Waals surface area contributed by atoms with E-state index < -0.39 is 0 Å². The molecule has 0 N–H and O–H groups in total. The van der Waals surface area contributed by atoms with E-state index in [0.717, 1.165) is 4.48 Å². The lowest BCUT2D eigenvalue weighted by Gasteiger charge is -2.14. The second kappa shape index (κ2) is 6.75. The largest absolute Gasteiger partial charge is 1.00 e. The van der Waals surface area contributed by atoms with Crippen molar-refractivity contribution in [1.29, 1.82) is 0 Å². The average molecular weight is 133 g/mol. The number of nitrogens with zero attached hydrogens (tertiary/aromatic N) is 1. The lowest BCUT2D eigenvalue weighted by molar-refractivity contribution is -0.849. The smallest absolute Gasteiger partial charge is 0.0675 e. The van der Waals surface area contributed by atoms with Crippen molar-refractivity contribution < 1.29 is 18.6 Å². The summed E-state index contributed by atoms with van der Waals surface area (Å²) in [4.78, 5) is 0. The van der Waals surface area contributed by atoms with Crippen LogP contribution in [0.25, 0.3) is 0 Å². The van der Waals surface area contributed by atoms with Crippen LogP contribution in [-0.2, 0) is 0 Å². The van der Waals surface area contributed by atoms with Gasteiger partial charge in [0.25, 0.3) is 0 Å². The summed E-state index contributed by atoms with van der Waals surface area (Å²) in [6.45, 7) is 0. The Hall–Kier alpha value is -0.250. The van der Waals surface area contributed by atoms with Gasteiger partial charge in [-0.25, -0.2) is 0 Å². The predicted molar refractivity (Wildman–Crippen MR) is 29.0 cm³/mol. The first-order valence-corrected chi connectivity index (χ1v) is 1.79. The molecule has 0 heterocycles. The molecule has 0 bridgehead atoms. The molecule has 0 rings (SSSR count). The number of hydrogen-bond acceptors (Lipinski definition) is 0. The van der Waals surface area contributed by atoms with Gasteiger partial charge >= 0.3 is 0 Å². The second-order valence-electron chi connectivity index (χ2n) is 2.68. The molecule has 0 fully saturated rings. The molecule has 0 aromatic heterocycles. The molecule has 8 heavy (non-hydrogen) atoms. The Labute approximate surface area is 48.0 Å². The molecule has 0 saturated heterocycles. The minimum absolute atomic E-state index is 0. The van der Waals surface area contributed by atoms with Crippen LogP contribution in [0.1, 0.15) is 0 Å². The molecule has 0 aliphatic rings. The van der Waals surface area contributed by atoms with Crippen molar-refractivity contribution in [2.24, 2.45) is 0 Å². The van der Waals surface area contributed by atoms with E-state index in [2.05, 4.69) is 28.2 Å². The Morgan fingerprint density at radius 3 is 0.750 bits per heavy atom. The molecule has 0 aliphatic heterocycles. The van der Waals surface area contributed by atoms with Crippen molar-refractivity contribution >= 4 is 0 Å². The van der Waals surface area contributed by atoms with Crippen LogP contribution >= 0.6 is 0 Å². The minimum Gasteiger partial charge on any atom is -1.00 e. The standard InChI is InChI=1S/C4H12N.3FH/c1-5(2,3)4;;;/h1-4H3;3*1H/q+1;;;/p-1. The van der Waals surface area contributed by atoms with Crippen molar-refractivity contribution in [1.82, 2.24) is 0 Å². The summed E-state index contributed by atoms with van der Waals surface area (Å²) in [7, 11) is 8.50. The van der Waals surface area contributed by atoms with E-state index in [4.69, 9.17) is 0 Å².